The summed E-state index contributed by atoms with van der Waals surface area (Å²) in [5.41, 5.74) is 6.38. The van der Waals surface area contributed by atoms with Gasteiger partial charge in [0.1, 0.15) is 0 Å². The van der Waals surface area contributed by atoms with Gasteiger partial charge in [-0.05, 0) is 25.7 Å². The van der Waals surface area contributed by atoms with Gasteiger partial charge in [-0.3, -0.25) is 0 Å². The van der Waals surface area contributed by atoms with E-state index in [0.717, 1.165) is 38.8 Å². The number of nitrogens with two attached hydrogens (primary N) is 1. The van der Waals surface area contributed by atoms with Crippen molar-refractivity contribution in [1.29, 1.82) is 0 Å². The Kier molecular flexibility index (Phi) is 4.56. The summed E-state index contributed by atoms with van der Waals surface area (Å²) in [4.78, 5) is 0. The van der Waals surface area contributed by atoms with Crippen molar-refractivity contribution in [1.82, 2.24) is 5.32 Å². The zero-order chi connectivity index (χ0) is 11.4. The molecule has 3 nitrogen and oxygen atoms in total. The number of hydrogen-bond donors (Lipinski definition) is 2. The van der Waals surface area contributed by atoms with E-state index in [9.17, 15) is 0 Å². The molecule has 0 bridgehead atoms. The Bertz CT molecular complexity index is 176. The van der Waals surface area contributed by atoms with Crippen molar-refractivity contribution < 1.29 is 4.74 Å². The molecular weight excluding hydrogens is 188 g/mol. The van der Waals surface area contributed by atoms with E-state index in [2.05, 4.69) is 26.1 Å². The Morgan fingerprint density at radius 1 is 1.27 bits per heavy atom. The predicted octanol–water partition coefficient (Wildman–Crippen LogP) is 1.66. The molecule has 1 atom stereocenters. The van der Waals surface area contributed by atoms with Crippen LogP contribution in [-0.4, -0.2) is 30.8 Å². The van der Waals surface area contributed by atoms with Crippen LogP contribution in [0.3, 0.4) is 0 Å². The summed E-state index contributed by atoms with van der Waals surface area (Å²) in [6.07, 6.45) is 4.47. The second kappa shape index (κ2) is 5.28. The first-order chi connectivity index (χ1) is 7.10. The summed E-state index contributed by atoms with van der Waals surface area (Å²) in [6, 6.07) is 0. The molecular formula is C12H26N2O. The molecule has 0 spiro atoms. The molecule has 1 fully saturated rings. The van der Waals surface area contributed by atoms with Gasteiger partial charge < -0.3 is 15.8 Å². The highest BCUT2D eigenvalue weighted by Crippen LogP contribution is 2.21. The molecule has 0 saturated carbocycles. The van der Waals surface area contributed by atoms with Gasteiger partial charge in [-0.1, -0.05) is 20.8 Å². The Balaban J connectivity index is 2.45. The molecule has 1 saturated heterocycles. The fourth-order valence-corrected chi connectivity index (χ4v) is 2.25. The normalized spacial score (nSPS) is 27.2. The lowest BCUT2D eigenvalue weighted by Crippen LogP contribution is -2.56. The summed E-state index contributed by atoms with van der Waals surface area (Å²) in [7, 11) is 0. The Morgan fingerprint density at radius 3 is 2.27 bits per heavy atom. The van der Waals surface area contributed by atoms with Crippen LogP contribution in [0.4, 0.5) is 0 Å². The summed E-state index contributed by atoms with van der Waals surface area (Å²) < 4.78 is 5.36. The highest BCUT2D eigenvalue weighted by Gasteiger charge is 2.33. The molecule has 0 aromatic heterocycles. The van der Waals surface area contributed by atoms with E-state index in [1.54, 1.807) is 0 Å². The zero-order valence-electron chi connectivity index (χ0n) is 10.4. The van der Waals surface area contributed by atoms with Crippen molar-refractivity contribution in [2.45, 2.75) is 57.5 Å². The molecule has 15 heavy (non-hydrogen) atoms. The second-order valence-corrected chi connectivity index (χ2v) is 4.86. The third-order valence-electron chi connectivity index (χ3n) is 3.98. The third-order valence-corrected chi connectivity index (χ3v) is 3.98. The summed E-state index contributed by atoms with van der Waals surface area (Å²) in [5, 5.41) is 3.66. The van der Waals surface area contributed by atoms with Crippen LogP contribution >= 0.6 is 0 Å². The smallest absolute Gasteiger partial charge is 0.0659 e. The number of ether oxygens (including phenoxy) is 1. The zero-order valence-corrected chi connectivity index (χ0v) is 10.4. The third kappa shape index (κ3) is 3.16. The average molecular weight is 214 g/mol. The van der Waals surface area contributed by atoms with Crippen molar-refractivity contribution in [3.8, 4) is 0 Å². The van der Waals surface area contributed by atoms with Gasteiger partial charge in [0.25, 0.3) is 0 Å². The van der Waals surface area contributed by atoms with Gasteiger partial charge in [-0.15, -0.1) is 0 Å². The average Bonchev–Trinajstić information content (AvgIpc) is 2.69. The molecule has 0 aliphatic carbocycles. The SMILES string of the molecule is CCC(CC)(CC)NCC1(N)CCOC1. The number of hydrogen-bond acceptors (Lipinski definition) is 3. The minimum absolute atomic E-state index is 0.134. The topological polar surface area (TPSA) is 47.3 Å². The van der Waals surface area contributed by atoms with E-state index in [1.165, 1.54) is 0 Å². The van der Waals surface area contributed by atoms with Crippen LogP contribution in [0.1, 0.15) is 46.5 Å². The molecule has 3 heteroatoms. The van der Waals surface area contributed by atoms with Gasteiger partial charge in [0, 0.05) is 18.7 Å². The predicted molar refractivity (Wildman–Crippen MR) is 64.0 cm³/mol. The first-order valence-electron chi connectivity index (χ1n) is 6.21. The molecule has 3 N–H and O–H groups in total. The molecule has 1 rings (SSSR count). The maximum Gasteiger partial charge on any atom is 0.0659 e. The minimum Gasteiger partial charge on any atom is -0.379 e. The van der Waals surface area contributed by atoms with E-state index in [0.29, 0.717) is 6.61 Å². The molecule has 0 aromatic rings. The van der Waals surface area contributed by atoms with E-state index in [4.69, 9.17) is 10.5 Å². The Labute approximate surface area is 93.8 Å². The Hall–Kier alpha value is -0.120. The van der Waals surface area contributed by atoms with Gasteiger partial charge in [0.2, 0.25) is 0 Å². The van der Waals surface area contributed by atoms with Crippen LogP contribution in [0.15, 0.2) is 0 Å². The molecule has 0 amide bonds. The fourth-order valence-electron chi connectivity index (χ4n) is 2.25. The fraction of sp³-hybridized carbons (Fsp3) is 1.00. The van der Waals surface area contributed by atoms with Crippen LogP contribution < -0.4 is 11.1 Å². The maximum absolute atomic E-state index is 6.24. The van der Waals surface area contributed by atoms with E-state index >= 15 is 0 Å². The molecule has 0 aromatic carbocycles. The lowest BCUT2D eigenvalue weighted by atomic mass is 9.88. The second-order valence-electron chi connectivity index (χ2n) is 4.86. The highest BCUT2D eigenvalue weighted by atomic mass is 16.5. The summed E-state index contributed by atoms with van der Waals surface area (Å²) >= 11 is 0. The first-order valence-corrected chi connectivity index (χ1v) is 6.21. The molecule has 90 valence electrons. The van der Waals surface area contributed by atoms with Crippen LogP contribution in [0, 0.1) is 0 Å². The van der Waals surface area contributed by atoms with Crippen molar-refractivity contribution in [3.63, 3.8) is 0 Å². The standard InChI is InChI=1S/C12H26N2O/c1-4-12(5-2,6-3)14-9-11(13)7-8-15-10-11/h14H,4-10,13H2,1-3H3. The summed E-state index contributed by atoms with van der Waals surface area (Å²) in [6.45, 7) is 9.13. The molecule has 1 aliphatic rings. The molecule has 0 radical (unpaired) electrons. The van der Waals surface area contributed by atoms with Crippen LogP contribution in [0.2, 0.25) is 0 Å². The largest absolute Gasteiger partial charge is 0.379 e. The highest BCUT2D eigenvalue weighted by molar-refractivity contribution is 4.94. The van der Waals surface area contributed by atoms with Gasteiger partial charge in [-0.25, -0.2) is 0 Å². The van der Waals surface area contributed by atoms with Crippen molar-refractivity contribution in [2.24, 2.45) is 5.73 Å². The lowest BCUT2D eigenvalue weighted by Gasteiger charge is -2.35. The van der Waals surface area contributed by atoms with Crippen LogP contribution in [0.25, 0.3) is 0 Å². The van der Waals surface area contributed by atoms with Crippen molar-refractivity contribution in [2.75, 3.05) is 19.8 Å². The lowest BCUT2D eigenvalue weighted by molar-refractivity contribution is 0.170. The van der Waals surface area contributed by atoms with Crippen molar-refractivity contribution in [3.05, 3.63) is 0 Å². The van der Waals surface area contributed by atoms with Gasteiger partial charge in [-0.2, -0.15) is 0 Å². The van der Waals surface area contributed by atoms with Gasteiger partial charge in [0.05, 0.1) is 12.1 Å². The molecule has 1 aliphatic heterocycles. The van der Waals surface area contributed by atoms with E-state index in [1.807, 2.05) is 0 Å². The number of nitrogens with one attached hydrogen (secondary N) is 1. The van der Waals surface area contributed by atoms with E-state index < -0.39 is 0 Å². The first kappa shape index (κ1) is 12.9. The summed E-state index contributed by atoms with van der Waals surface area (Å²) in [5.74, 6) is 0. The molecule has 1 unspecified atom stereocenters. The maximum atomic E-state index is 6.24. The van der Waals surface area contributed by atoms with E-state index in [-0.39, 0.29) is 11.1 Å². The van der Waals surface area contributed by atoms with Crippen molar-refractivity contribution >= 4 is 0 Å². The van der Waals surface area contributed by atoms with Gasteiger partial charge in [0.15, 0.2) is 0 Å². The van der Waals surface area contributed by atoms with Crippen LogP contribution in [0.5, 0.6) is 0 Å². The van der Waals surface area contributed by atoms with Gasteiger partial charge >= 0.3 is 0 Å². The monoisotopic (exact) mass is 214 g/mol. The minimum atomic E-state index is -0.134. The Morgan fingerprint density at radius 2 is 1.87 bits per heavy atom. The van der Waals surface area contributed by atoms with Crippen LogP contribution in [-0.2, 0) is 4.74 Å². The number of rotatable bonds is 6. The molecule has 1 heterocycles. The quantitative estimate of drug-likeness (QED) is 0.707.